The standard InChI is InChI=1S/C5H6N2O4/c1-2-3-11-5(10)7-6-4(8)9/h2H,1,3H2,(H,8,9)/b7-6+. The van der Waals surface area contributed by atoms with Gasteiger partial charge in [0.15, 0.2) is 0 Å². The van der Waals surface area contributed by atoms with Crippen LogP contribution in [0, 0.1) is 0 Å². The summed E-state index contributed by atoms with van der Waals surface area (Å²) < 4.78 is 4.26. The first-order valence-corrected chi connectivity index (χ1v) is 2.59. The largest absolute Gasteiger partial charge is 0.462 e. The SMILES string of the molecule is C=CCOC(=O)/N=N/C(=O)O. The Labute approximate surface area is 62.2 Å². The summed E-state index contributed by atoms with van der Waals surface area (Å²) in [4.78, 5) is 20.0. The number of hydrogen-bond donors (Lipinski definition) is 1. The molecule has 0 radical (unpaired) electrons. The number of hydrogen-bond acceptors (Lipinski definition) is 3. The zero-order chi connectivity index (χ0) is 8.69. The van der Waals surface area contributed by atoms with E-state index in [0.29, 0.717) is 0 Å². The van der Waals surface area contributed by atoms with E-state index in [0.717, 1.165) is 0 Å². The molecule has 0 spiro atoms. The molecule has 6 heteroatoms. The van der Waals surface area contributed by atoms with Crippen molar-refractivity contribution in [1.29, 1.82) is 0 Å². The normalized spacial score (nSPS) is 9.45. The van der Waals surface area contributed by atoms with Crippen LogP contribution in [0.1, 0.15) is 0 Å². The molecule has 0 fully saturated rings. The fourth-order valence-corrected chi connectivity index (χ4v) is 0.243. The zero-order valence-corrected chi connectivity index (χ0v) is 5.56. The third-order valence-corrected chi connectivity index (χ3v) is 0.542. The number of carbonyl (C=O) groups excluding carboxylic acids is 1. The van der Waals surface area contributed by atoms with Crippen molar-refractivity contribution < 1.29 is 19.4 Å². The molecular weight excluding hydrogens is 152 g/mol. The molecule has 0 bridgehead atoms. The van der Waals surface area contributed by atoms with Gasteiger partial charge in [0.2, 0.25) is 0 Å². The quantitative estimate of drug-likeness (QED) is 0.486. The molecule has 0 aromatic carbocycles. The molecule has 0 aliphatic carbocycles. The molecule has 0 aromatic heterocycles. The minimum atomic E-state index is -1.54. The molecule has 0 aromatic rings. The van der Waals surface area contributed by atoms with Crippen LogP contribution in [0.5, 0.6) is 0 Å². The van der Waals surface area contributed by atoms with Crippen LogP contribution in [0.25, 0.3) is 0 Å². The highest BCUT2D eigenvalue weighted by Crippen LogP contribution is 1.85. The molecule has 1 N–H and O–H groups in total. The summed E-state index contributed by atoms with van der Waals surface area (Å²) in [7, 11) is 0. The lowest BCUT2D eigenvalue weighted by atomic mass is 10.7. The van der Waals surface area contributed by atoms with Gasteiger partial charge in [0.05, 0.1) is 0 Å². The summed E-state index contributed by atoms with van der Waals surface area (Å²) in [5, 5.41) is 13.1. The van der Waals surface area contributed by atoms with Crippen LogP contribution in [-0.2, 0) is 4.74 Å². The smallest absolute Gasteiger partial charge is 0.452 e. The lowest BCUT2D eigenvalue weighted by Crippen LogP contribution is -1.98. The number of amides is 2. The molecule has 60 valence electrons. The van der Waals surface area contributed by atoms with Crippen LogP contribution >= 0.6 is 0 Å². The third-order valence-electron chi connectivity index (χ3n) is 0.542. The van der Waals surface area contributed by atoms with Crippen molar-refractivity contribution in [2.45, 2.75) is 0 Å². The van der Waals surface area contributed by atoms with Gasteiger partial charge in [0.25, 0.3) is 0 Å². The average Bonchev–Trinajstić information content (AvgIpc) is 1.97. The highest BCUT2D eigenvalue weighted by molar-refractivity contribution is 5.71. The van der Waals surface area contributed by atoms with Crippen molar-refractivity contribution in [2.24, 2.45) is 10.2 Å². The van der Waals surface area contributed by atoms with Gasteiger partial charge in [-0.1, -0.05) is 22.9 Å². The summed E-state index contributed by atoms with van der Waals surface area (Å²) in [6.45, 7) is 3.25. The second kappa shape index (κ2) is 5.10. The first kappa shape index (κ1) is 9.28. The number of azo groups is 1. The predicted octanol–water partition coefficient (Wildman–Crippen LogP) is 1.44. The van der Waals surface area contributed by atoms with E-state index < -0.39 is 12.2 Å². The van der Waals surface area contributed by atoms with Gasteiger partial charge in [-0.2, -0.15) is 0 Å². The fourth-order valence-electron chi connectivity index (χ4n) is 0.243. The average molecular weight is 158 g/mol. The Balaban J connectivity index is 3.68. The van der Waals surface area contributed by atoms with E-state index in [1.54, 1.807) is 0 Å². The van der Waals surface area contributed by atoms with Crippen molar-refractivity contribution in [3.05, 3.63) is 12.7 Å². The second-order valence-electron chi connectivity index (χ2n) is 1.35. The molecule has 0 saturated carbocycles. The second-order valence-corrected chi connectivity index (χ2v) is 1.35. The van der Waals surface area contributed by atoms with Gasteiger partial charge in [0.1, 0.15) is 6.61 Å². The Hall–Kier alpha value is -1.72. The maximum absolute atomic E-state index is 10.3. The molecule has 6 nitrogen and oxygen atoms in total. The van der Waals surface area contributed by atoms with Crippen molar-refractivity contribution in [1.82, 2.24) is 0 Å². The number of nitrogens with zero attached hydrogens (tertiary/aromatic N) is 2. The number of rotatable bonds is 2. The van der Waals surface area contributed by atoms with Crippen LogP contribution < -0.4 is 0 Å². The van der Waals surface area contributed by atoms with Gasteiger partial charge >= 0.3 is 12.2 Å². The predicted molar refractivity (Wildman–Crippen MR) is 34.4 cm³/mol. The van der Waals surface area contributed by atoms with Crippen molar-refractivity contribution in [3.63, 3.8) is 0 Å². The highest BCUT2D eigenvalue weighted by Gasteiger charge is 1.97. The Kier molecular flexibility index (Phi) is 4.30. The third kappa shape index (κ3) is 6.16. The lowest BCUT2D eigenvalue weighted by Gasteiger charge is -1.91. The van der Waals surface area contributed by atoms with E-state index in [9.17, 15) is 9.59 Å². The van der Waals surface area contributed by atoms with Crippen LogP contribution in [0.4, 0.5) is 9.59 Å². The molecule has 11 heavy (non-hydrogen) atoms. The first-order chi connectivity index (χ1) is 5.16. The number of ether oxygens (including phenoxy) is 1. The summed E-state index contributed by atoms with van der Waals surface area (Å²) >= 11 is 0. The Morgan fingerprint density at radius 3 is 2.64 bits per heavy atom. The maximum Gasteiger partial charge on any atom is 0.452 e. The Bertz CT molecular complexity index is 199. The van der Waals surface area contributed by atoms with Gasteiger partial charge < -0.3 is 9.84 Å². The van der Waals surface area contributed by atoms with E-state index in [1.165, 1.54) is 6.08 Å². The lowest BCUT2D eigenvalue weighted by molar-refractivity contribution is 0.165. The topological polar surface area (TPSA) is 88.3 Å². The summed E-state index contributed by atoms with van der Waals surface area (Å²) in [6, 6.07) is 0. The van der Waals surface area contributed by atoms with E-state index in [4.69, 9.17) is 5.11 Å². The maximum atomic E-state index is 10.3. The molecule has 0 unspecified atom stereocenters. The highest BCUT2D eigenvalue weighted by atomic mass is 16.5. The van der Waals surface area contributed by atoms with E-state index >= 15 is 0 Å². The van der Waals surface area contributed by atoms with Crippen LogP contribution in [0.2, 0.25) is 0 Å². The van der Waals surface area contributed by atoms with Gasteiger partial charge in [-0.15, -0.1) is 0 Å². The van der Waals surface area contributed by atoms with Gasteiger partial charge in [-0.25, -0.2) is 9.59 Å². The zero-order valence-electron chi connectivity index (χ0n) is 5.56. The van der Waals surface area contributed by atoms with E-state index in [-0.39, 0.29) is 6.61 Å². The molecule has 0 atom stereocenters. The van der Waals surface area contributed by atoms with Crippen molar-refractivity contribution in [3.8, 4) is 0 Å². The van der Waals surface area contributed by atoms with Gasteiger partial charge in [-0.3, -0.25) is 0 Å². The molecule has 2 amide bonds. The molecule has 0 heterocycles. The van der Waals surface area contributed by atoms with Crippen LogP contribution in [0.15, 0.2) is 22.9 Å². The van der Waals surface area contributed by atoms with Crippen molar-refractivity contribution >= 4 is 12.2 Å². The molecular formula is C5H6N2O4. The molecule has 0 rings (SSSR count). The van der Waals surface area contributed by atoms with E-state index in [2.05, 4.69) is 21.5 Å². The molecule has 0 aliphatic rings. The summed E-state index contributed by atoms with van der Waals surface area (Å²) in [6.07, 6.45) is -1.26. The summed E-state index contributed by atoms with van der Waals surface area (Å²) in [5.41, 5.74) is 0. The number of carbonyl (C=O) groups is 2. The summed E-state index contributed by atoms with van der Waals surface area (Å²) in [5.74, 6) is 0. The van der Waals surface area contributed by atoms with Crippen LogP contribution in [-0.4, -0.2) is 23.9 Å². The van der Waals surface area contributed by atoms with Crippen molar-refractivity contribution in [2.75, 3.05) is 6.61 Å². The monoisotopic (exact) mass is 158 g/mol. The molecule has 0 saturated heterocycles. The van der Waals surface area contributed by atoms with Crippen LogP contribution in [0.3, 0.4) is 0 Å². The minimum Gasteiger partial charge on any atom is -0.462 e. The van der Waals surface area contributed by atoms with Gasteiger partial charge in [-0.05, 0) is 0 Å². The minimum absolute atomic E-state index is 0.0164. The molecule has 0 aliphatic heterocycles. The number of carboxylic acid groups (broad SMARTS) is 1. The van der Waals surface area contributed by atoms with E-state index in [1.807, 2.05) is 0 Å². The first-order valence-electron chi connectivity index (χ1n) is 2.59. The van der Waals surface area contributed by atoms with Gasteiger partial charge in [0, 0.05) is 0 Å². The Morgan fingerprint density at radius 1 is 1.55 bits per heavy atom. The fraction of sp³-hybridized carbons (Fsp3) is 0.200. The Morgan fingerprint density at radius 2 is 2.18 bits per heavy atom.